The van der Waals surface area contributed by atoms with Crippen LogP contribution in [0.5, 0.6) is 0 Å². The third kappa shape index (κ3) is 5.46. The van der Waals surface area contributed by atoms with E-state index >= 15 is 0 Å². The molecule has 3 aromatic carbocycles. The van der Waals surface area contributed by atoms with Gasteiger partial charge in [-0.25, -0.2) is 4.39 Å². The second-order valence-corrected chi connectivity index (χ2v) is 8.93. The van der Waals surface area contributed by atoms with E-state index in [1.807, 2.05) is 50.4 Å². The van der Waals surface area contributed by atoms with Crippen LogP contribution in [-0.2, 0) is 6.42 Å². The number of carbonyl (C=O) groups excluding carboxylic acids is 1. The van der Waals surface area contributed by atoms with E-state index in [-0.39, 0.29) is 17.7 Å². The van der Waals surface area contributed by atoms with Gasteiger partial charge < -0.3 is 14.9 Å². The number of halogens is 1. The van der Waals surface area contributed by atoms with E-state index in [1.165, 1.54) is 12.1 Å². The molecule has 0 saturated carbocycles. The highest BCUT2D eigenvalue weighted by molar-refractivity contribution is 6.10. The summed E-state index contributed by atoms with van der Waals surface area (Å²) in [5.74, 6) is -0.417. The van der Waals surface area contributed by atoms with E-state index in [4.69, 9.17) is 0 Å². The van der Waals surface area contributed by atoms with Gasteiger partial charge in [-0.2, -0.15) is 0 Å². The number of amides is 1. The molecular formula is C30H28FN5O. The molecule has 2 heterocycles. The molecule has 2 aromatic heterocycles. The van der Waals surface area contributed by atoms with Crippen molar-refractivity contribution in [1.82, 2.24) is 14.9 Å². The number of nitrogens with zero attached hydrogens (tertiary/aromatic N) is 2. The molecule has 7 heteroatoms. The maximum atomic E-state index is 13.8. The number of aromatic amines is 1. The Morgan fingerprint density at radius 1 is 0.946 bits per heavy atom. The highest BCUT2D eigenvalue weighted by Gasteiger charge is 2.12. The van der Waals surface area contributed by atoms with Gasteiger partial charge in [0.05, 0.1) is 0 Å². The first-order valence-corrected chi connectivity index (χ1v) is 12.2. The summed E-state index contributed by atoms with van der Waals surface area (Å²) in [5, 5.41) is 7.06. The first-order chi connectivity index (χ1) is 18.0. The van der Waals surface area contributed by atoms with Crippen LogP contribution in [0.1, 0.15) is 27.3 Å². The number of H-pyrrole nitrogens is 1. The Balaban J connectivity index is 1.34. The molecular weight excluding hydrogens is 465 g/mol. The molecule has 0 unspecified atom stereocenters. The standard InChI is InChI=1S/C30H28FN5O/c1-20-10-11-21(2)36(20)26-14-12-22(13-15-26)29(37)35-30(34-25-7-5-6-24(31)18-25)32-17-16-23-19-33-28-9-4-3-8-27(23)28/h3-15,18-19,33H,16-17H2,1-2H3,(H2,32,34,35,37). The molecule has 5 aromatic rings. The summed E-state index contributed by atoms with van der Waals surface area (Å²) in [6.45, 7) is 4.53. The number of benzene rings is 3. The number of hydrogen-bond acceptors (Lipinski definition) is 2. The molecule has 0 fully saturated rings. The third-order valence-electron chi connectivity index (χ3n) is 6.30. The fourth-order valence-electron chi connectivity index (χ4n) is 4.46. The third-order valence-corrected chi connectivity index (χ3v) is 6.30. The maximum Gasteiger partial charge on any atom is 0.257 e. The van der Waals surface area contributed by atoms with Crippen molar-refractivity contribution in [3.8, 4) is 5.69 Å². The van der Waals surface area contributed by atoms with Crippen molar-refractivity contribution in [2.75, 3.05) is 11.9 Å². The number of nitrogens with one attached hydrogen (secondary N) is 3. The molecule has 0 spiro atoms. The Morgan fingerprint density at radius 3 is 2.46 bits per heavy atom. The van der Waals surface area contributed by atoms with Gasteiger partial charge in [-0.15, -0.1) is 0 Å². The van der Waals surface area contributed by atoms with Crippen LogP contribution < -0.4 is 10.6 Å². The molecule has 0 atom stereocenters. The summed E-state index contributed by atoms with van der Waals surface area (Å²) in [4.78, 5) is 21.0. The molecule has 0 aliphatic rings. The monoisotopic (exact) mass is 493 g/mol. The number of rotatable bonds is 6. The Hall–Kier alpha value is -4.65. The lowest BCUT2D eigenvalue weighted by Crippen LogP contribution is -2.36. The van der Waals surface area contributed by atoms with Crippen LogP contribution in [0, 0.1) is 19.7 Å². The van der Waals surface area contributed by atoms with Gasteiger partial charge in [0.1, 0.15) is 5.82 Å². The van der Waals surface area contributed by atoms with Crippen LogP contribution in [0.15, 0.2) is 96.1 Å². The van der Waals surface area contributed by atoms with Crippen LogP contribution in [0.25, 0.3) is 16.6 Å². The maximum absolute atomic E-state index is 13.8. The van der Waals surface area contributed by atoms with Crippen molar-refractivity contribution in [1.29, 1.82) is 0 Å². The molecule has 3 N–H and O–H groups in total. The highest BCUT2D eigenvalue weighted by atomic mass is 19.1. The lowest BCUT2D eigenvalue weighted by molar-refractivity contribution is 0.0977. The Morgan fingerprint density at radius 2 is 1.70 bits per heavy atom. The highest BCUT2D eigenvalue weighted by Crippen LogP contribution is 2.19. The molecule has 0 aliphatic heterocycles. The largest absolute Gasteiger partial charge is 0.361 e. The fraction of sp³-hybridized carbons (Fsp3) is 0.133. The normalized spacial score (nSPS) is 11.6. The number of guanidine groups is 1. The Bertz CT molecular complexity index is 1560. The lowest BCUT2D eigenvalue weighted by Gasteiger charge is -2.13. The van der Waals surface area contributed by atoms with Crippen LogP contribution in [-0.4, -0.2) is 28.0 Å². The first kappa shape index (κ1) is 24.1. The van der Waals surface area contributed by atoms with Gasteiger partial charge in [-0.3, -0.25) is 15.1 Å². The van der Waals surface area contributed by atoms with Crippen molar-refractivity contribution in [3.63, 3.8) is 0 Å². The zero-order valence-corrected chi connectivity index (χ0v) is 20.8. The molecule has 5 rings (SSSR count). The fourth-order valence-corrected chi connectivity index (χ4v) is 4.46. The van der Waals surface area contributed by atoms with Gasteiger partial charge in [-0.1, -0.05) is 24.3 Å². The Labute approximate surface area is 214 Å². The van der Waals surface area contributed by atoms with E-state index in [2.05, 4.69) is 43.4 Å². The summed E-state index contributed by atoms with van der Waals surface area (Å²) in [6, 6.07) is 25.7. The summed E-state index contributed by atoms with van der Waals surface area (Å²) in [7, 11) is 0. The number of aromatic nitrogens is 2. The van der Waals surface area contributed by atoms with Crippen LogP contribution >= 0.6 is 0 Å². The predicted octanol–water partition coefficient (Wildman–Crippen LogP) is 6.16. The summed E-state index contributed by atoms with van der Waals surface area (Å²) in [6.07, 6.45) is 2.66. The van der Waals surface area contributed by atoms with E-state index < -0.39 is 0 Å². The number of hydrogen-bond donors (Lipinski definition) is 3. The molecule has 0 saturated heterocycles. The molecule has 6 nitrogen and oxygen atoms in total. The molecule has 1 amide bonds. The first-order valence-electron chi connectivity index (χ1n) is 12.2. The summed E-state index contributed by atoms with van der Waals surface area (Å²) in [5.41, 5.74) is 6.44. The van der Waals surface area contributed by atoms with Gasteiger partial charge in [0.2, 0.25) is 5.96 Å². The molecule has 0 radical (unpaired) electrons. The van der Waals surface area contributed by atoms with Crippen molar-refractivity contribution >= 4 is 28.5 Å². The van der Waals surface area contributed by atoms with Gasteiger partial charge in [0, 0.05) is 52.0 Å². The quantitative estimate of drug-likeness (QED) is 0.196. The van der Waals surface area contributed by atoms with Crippen molar-refractivity contribution in [2.45, 2.75) is 20.3 Å². The van der Waals surface area contributed by atoms with Crippen molar-refractivity contribution in [2.24, 2.45) is 4.99 Å². The van der Waals surface area contributed by atoms with Crippen molar-refractivity contribution in [3.05, 3.63) is 119 Å². The minimum absolute atomic E-state index is 0.261. The number of anilines is 1. The van der Waals surface area contributed by atoms with Gasteiger partial charge in [0.25, 0.3) is 5.91 Å². The predicted molar refractivity (Wildman–Crippen MR) is 147 cm³/mol. The zero-order chi connectivity index (χ0) is 25.8. The second kappa shape index (κ2) is 10.5. The minimum atomic E-state index is -0.374. The average Bonchev–Trinajstić information content (AvgIpc) is 3.46. The average molecular weight is 494 g/mol. The van der Waals surface area contributed by atoms with Gasteiger partial charge in [-0.05, 0) is 86.5 Å². The number of carbonyl (C=O) groups is 1. The van der Waals surface area contributed by atoms with Crippen molar-refractivity contribution < 1.29 is 9.18 Å². The molecule has 0 bridgehead atoms. The van der Waals surface area contributed by atoms with E-state index in [1.54, 1.807) is 24.3 Å². The van der Waals surface area contributed by atoms with E-state index in [0.29, 0.717) is 24.2 Å². The van der Waals surface area contributed by atoms with Gasteiger partial charge >= 0.3 is 0 Å². The molecule has 37 heavy (non-hydrogen) atoms. The minimum Gasteiger partial charge on any atom is -0.361 e. The molecule has 186 valence electrons. The lowest BCUT2D eigenvalue weighted by atomic mass is 10.1. The second-order valence-electron chi connectivity index (χ2n) is 8.93. The van der Waals surface area contributed by atoms with E-state index in [0.717, 1.165) is 33.5 Å². The molecule has 0 aliphatic carbocycles. The topological polar surface area (TPSA) is 74.2 Å². The Kier molecular flexibility index (Phi) is 6.85. The smallest absolute Gasteiger partial charge is 0.257 e. The number of aryl methyl sites for hydroxylation is 2. The summed E-state index contributed by atoms with van der Waals surface area (Å²) >= 11 is 0. The summed E-state index contributed by atoms with van der Waals surface area (Å²) < 4.78 is 15.9. The van der Waals surface area contributed by atoms with Crippen LogP contribution in [0.4, 0.5) is 10.1 Å². The van der Waals surface area contributed by atoms with Gasteiger partial charge in [0.15, 0.2) is 0 Å². The number of aliphatic imine (C=N–C) groups is 1. The van der Waals surface area contributed by atoms with E-state index in [9.17, 15) is 9.18 Å². The van der Waals surface area contributed by atoms with Crippen LogP contribution in [0.2, 0.25) is 0 Å². The number of fused-ring (bicyclic) bond motifs is 1. The number of para-hydroxylation sites is 1. The van der Waals surface area contributed by atoms with Crippen LogP contribution in [0.3, 0.4) is 0 Å². The zero-order valence-electron chi connectivity index (χ0n) is 20.8. The SMILES string of the molecule is Cc1ccc(C)n1-c1ccc(C(=O)NC(=NCCc2c[nH]c3ccccc23)Nc2cccc(F)c2)cc1.